The van der Waals surface area contributed by atoms with Gasteiger partial charge >= 0.3 is 5.97 Å². The maximum Gasteiger partial charge on any atom is 0.337 e. The Labute approximate surface area is 164 Å². The number of hydrogen-bond acceptors (Lipinski definition) is 5. The van der Waals surface area contributed by atoms with E-state index in [1.165, 1.54) is 17.5 Å². The SMILES string of the molecule is COC(=O)c1ccc(CN2CCN(S(=O)(=O)c3ccccc3Cl)CC2)cc1. The average Bonchev–Trinajstić information content (AvgIpc) is 2.68. The Bertz CT molecular complexity index is 908. The van der Waals surface area contributed by atoms with E-state index in [0.29, 0.717) is 38.3 Å². The largest absolute Gasteiger partial charge is 0.465 e. The molecule has 0 bridgehead atoms. The van der Waals surface area contributed by atoms with E-state index in [0.717, 1.165) is 5.56 Å². The molecular formula is C19H21ClN2O4S. The van der Waals surface area contributed by atoms with Crippen LogP contribution in [0.15, 0.2) is 53.4 Å². The smallest absolute Gasteiger partial charge is 0.337 e. The van der Waals surface area contributed by atoms with Gasteiger partial charge in [-0.2, -0.15) is 4.31 Å². The number of sulfonamides is 1. The molecule has 0 aliphatic carbocycles. The third-order valence-corrected chi connectivity index (χ3v) is 6.97. The lowest BCUT2D eigenvalue weighted by Gasteiger charge is -2.34. The summed E-state index contributed by atoms with van der Waals surface area (Å²) in [5.74, 6) is -0.361. The van der Waals surface area contributed by atoms with Crippen LogP contribution in [0.25, 0.3) is 0 Å². The van der Waals surface area contributed by atoms with Gasteiger partial charge in [-0.15, -0.1) is 0 Å². The highest BCUT2D eigenvalue weighted by atomic mass is 35.5. The first-order chi connectivity index (χ1) is 12.9. The van der Waals surface area contributed by atoms with Crippen molar-refractivity contribution < 1.29 is 17.9 Å². The second kappa shape index (κ2) is 8.39. The van der Waals surface area contributed by atoms with E-state index < -0.39 is 10.0 Å². The number of esters is 1. The van der Waals surface area contributed by atoms with Gasteiger partial charge in [-0.1, -0.05) is 35.9 Å². The van der Waals surface area contributed by atoms with Crippen LogP contribution < -0.4 is 0 Å². The van der Waals surface area contributed by atoms with Gasteiger partial charge in [-0.05, 0) is 29.8 Å². The molecule has 2 aromatic rings. The molecule has 27 heavy (non-hydrogen) atoms. The second-order valence-corrected chi connectivity index (χ2v) is 8.61. The molecule has 0 unspecified atom stereocenters. The predicted molar refractivity (Wildman–Crippen MR) is 103 cm³/mol. The van der Waals surface area contributed by atoms with E-state index >= 15 is 0 Å². The van der Waals surface area contributed by atoms with Gasteiger partial charge in [0, 0.05) is 32.7 Å². The molecule has 0 aromatic heterocycles. The number of halogens is 1. The van der Waals surface area contributed by atoms with Crippen LogP contribution in [-0.2, 0) is 21.3 Å². The molecule has 0 atom stereocenters. The second-order valence-electron chi connectivity index (χ2n) is 6.30. The lowest BCUT2D eigenvalue weighted by molar-refractivity contribution is 0.0600. The number of piperazine rings is 1. The van der Waals surface area contributed by atoms with Crippen molar-refractivity contribution in [2.24, 2.45) is 0 Å². The quantitative estimate of drug-likeness (QED) is 0.711. The van der Waals surface area contributed by atoms with Crippen LogP contribution in [0.1, 0.15) is 15.9 Å². The van der Waals surface area contributed by atoms with Gasteiger partial charge in [0.25, 0.3) is 0 Å². The number of methoxy groups -OCH3 is 1. The number of benzene rings is 2. The molecule has 1 aliphatic heterocycles. The number of carbonyl (C=O) groups is 1. The van der Waals surface area contributed by atoms with Crippen LogP contribution in [0.3, 0.4) is 0 Å². The Morgan fingerprint density at radius 2 is 1.67 bits per heavy atom. The lowest BCUT2D eigenvalue weighted by atomic mass is 10.1. The van der Waals surface area contributed by atoms with E-state index in [-0.39, 0.29) is 15.9 Å². The van der Waals surface area contributed by atoms with E-state index in [1.54, 1.807) is 30.3 Å². The number of ether oxygens (including phenoxy) is 1. The van der Waals surface area contributed by atoms with Crippen molar-refractivity contribution in [3.63, 3.8) is 0 Å². The Balaban J connectivity index is 1.60. The van der Waals surface area contributed by atoms with Gasteiger partial charge in [-0.3, -0.25) is 4.90 Å². The fraction of sp³-hybridized carbons (Fsp3) is 0.316. The average molecular weight is 409 g/mol. The minimum absolute atomic E-state index is 0.151. The van der Waals surface area contributed by atoms with Crippen molar-refractivity contribution in [1.29, 1.82) is 0 Å². The molecule has 0 amide bonds. The van der Waals surface area contributed by atoms with Crippen LogP contribution in [0.2, 0.25) is 5.02 Å². The predicted octanol–water partition coefficient (Wildman–Crippen LogP) is 2.63. The van der Waals surface area contributed by atoms with Gasteiger partial charge in [0.2, 0.25) is 10.0 Å². The van der Waals surface area contributed by atoms with E-state index in [1.807, 2.05) is 12.1 Å². The van der Waals surface area contributed by atoms with Crippen LogP contribution >= 0.6 is 11.6 Å². The maximum absolute atomic E-state index is 12.8. The molecule has 1 saturated heterocycles. The zero-order valence-electron chi connectivity index (χ0n) is 15.0. The van der Waals surface area contributed by atoms with Gasteiger partial charge < -0.3 is 4.74 Å². The molecular weight excluding hydrogens is 388 g/mol. The molecule has 3 rings (SSSR count). The fourth-order valence-electron chi connectivity index (χ4n) is 3.04. The van der Waals surface area contributed by atoms with Gasteiger partial charge in [-0.25, -0.2) is 13.2 Å². The summed E-state index contributed by atoms with van der Waals surface area (Å²) in [5, 5.41) is 0.241. The van der Waals surface area contributed by atoms with Crippen LogP contribution in [-0.4, -0.2) is 56.9 Å². The first-order valence-electron chi connectivity index (χ1n) is 8.56. The lowest BCUT2D eigenvalue weighted by Crippen LogP contribution is -2.48. The van der Waals surface area contributed by atoms with Crippen molar-refractivity contribution in [3.05, 3.63) is 64.7 Å². The molecule has 0 radical (unpaired) electrons. The first-order valence-corrected chi connectivity index (χ1v) is 10.4. The van der Waals surface area contributed by atoms with Gasteiger partial charge in [0.1, 0.15) is 4.90 Å². The molecule has 8 heteroatoms. The minimum Gasteiger partial charge on any atom is -0.465 e. The summed E-state index contributed by atoms with van der Waals surface area (Å²) in [6.45, 7) is 2.77. The van der Waals surface area contributed by atoms with E-state index in [2.05, 4.69) is 4.90 Å². The number of carbonyl (C=O) groups excluding carboxylic acids is 1. The maximum atomic E-state index is 12.8. The summed E-state index contributed by atoms with van der Waals surface area (Å²) in [4.78, 5) is 13.8. The van der Waals surface area contributed by atoms with Crippen LogP contribution in [0.5, 0.6) is 0 Å². The van der Waals surface area contributed by atoms with Crippen LogP contribution in [0, 0.1) is 0 Å². The summed E-state index contributed by atoms with van der Waals surface area (Å²) in [6, 6.07) is 13.8. The molecule has 1 aliphatic rings. The number of hydrogen-bond donors (Lipinski definition) is 0. The monoisotopic (exact) mass is 408 g/mol. The summed E-state index contributed by atoms with van der Waals surface area (Å²) in [7, 11) is -2.23. The Morgan fingerprint density at radius 1 is 1.04 bits per heavy atom. The normalized spacial score (nSPS) is 16.2. The Kier molecular flexibility index (Phi) is 6.16. The third kappa shape index (κ3) is 4.50. The molecule has 1 heterocycles. The molecule has 0 N–H and O–H groups in total. The zero-order chi connectivity index (χ0) is 19.4. The third-order valence-electron chi connectivity index (χ3n) is 4.57. The van der Waals surface area contributed by atoms with Crippen molar-refractivity contribution in [2.75, 3.05) is 33.3 Å². The van der Waals surface area contributed by atoms with Crippen molar-refractivity contribution in [1.82, 2.24) is 9.21 Å². The van der Waals surface area contributed by atoms with E-state index in [4.69, 9.17) is 16.3 Å². The topological polar surface area (TPSA) is 66.9 Å². The highest BCUT2D eigenvalue weighted by molar-refractivity contribution is 7.89. The fourth-order valence-corrected chi connectivity index (χ4v) is 4.96. The Hall–Kier alpha value is -1.93. The molecule has 6 nitrogen and oxygen atoms in total. The van der Waals surface area contributed by atoms with Crippen molar-refractivity contribution in [3.8, 4) is 0 Å². The first kappa shape index (κ1) is 19.8. The highest BCUT2D eigenvalue weighted by Crippen LogP contribution is 2.25. The summed E-state index contributed by atoms with van der Waals surface area (Å²) in [6.07, 6.45) is 0. The van der Waals surface area contributed by atoms with Gasteiger partial charge in [0.15, 0.2) is 0 Å². The molecule has 144 valence electrons. The molecule has 0 spiro atoms. The van der Waals surface area contributed by atoms with E-state index in [9.17, 15) is 13.2 Å². The van der Waals surface area contributed by atoms with Crippen molar-refractivity contribution >= 4 is 27.6 Å². The van der Waals surface area contributed by atoms with Gasteiger partial charge in [0.05, 0.1) is 17.7 Å². The number of rotatable bonds is 5. The minimum atomic E-state index is -3.58. The molecule has 1 fully saturated rings. The molecule has 0 saturated carbocycles. The van der Waals surface area contributed by atoms with Crippen LogP contribution in [0.4, 0.5) is 0 Å². The summed E-state index contributed by atoms with van der Waals surface area (Å²) < 4.78 is 31.7. The standard InChI is InChI=1S/C19H21ClN2O4S/c1-26-19(23)16-8-6-15(7-9-16)14-21-10-12-22(13-11-21)27(24,25)18-5-3-2-4-17(18)20/h2-9H,10-14H2,1H3. The zero-order valence-corrected chi connectivity index (χ0v) is 16.5. The summed E-state index contributed by atoms with van der Waals surface area (Å²) >= 11 is 6.06. The summed E-state index contributed by atoms with van der Waals surface area (Å²) in [5.41, 5.74) is 1.57. The molecule has 2 aromatic carbocycles. The Morgan fingerprint density at radius 3 is 2.26 bits per heavy atom. The number of nitrogens with zero attached hydrogens (tertiary/aromatic N) is 2. The van der Waals surface area contributed by atoms with Crippen molar-refractivity contribution in [2.45, 2.75) is 11.4 Å². The highest BCUT2D eigenvalue weighted by Gasteiger charge is 2.29.